The highest BCUT2D eigenvalue weighted by Gasteiger charge is 2.29. The molecule has 2 N–H and O–H groups in total. The quantitative estimate of drug-likeness (QED) is 0.749. The molecule has 0 rings (SSSR count). The van der Waals surface area contributed by atoms with Gasteiger partial charge in [0.1, 0.15) is 0 Å². The van der Waals surface area contributed by atoms with Crippen LogP contribution in [0.15, 0.2) is 0 Å². The first-order valence-corrected chi connectivity index (χ1v) is 6.86. The molecule has 0 unspecified atom stereocenters. The van der Waals surface area contributed by atoms with Gasteiger partial charge in [-0.2, -0.15) is 0 Å². The van der Waals surface area contributed by atoms with Crippen molar-refractivity contribution in [2.45, 2.75) is 39.9 Å². The van der Waals surface area contributed by atoms with E-state index >= 15 is 0 Å². The lowest BCUT2D eigenvalue weighted by atomic mass is 9.94. The number of nitrogens with zero attached hydrogens (tertiary/aromatic N) is 1. The molecule has 92 valence electrons. The van der Waals surface area contributed by atoms with Crippen molar-refractivity contribution in [2.24, 2.45) is 11.1 Å². The fraction of sp³-hybridized carbons (Fsp3) is 1.00. The summed E-state index contributed by atoms with van der Waals surface area (Å²) in [5.41, 5.74) is 5.44. The molecule has 0 amide bonds. The Hall–Kier alpha value is -0.130. The Bertz CT molecular complexity index is 284. The fourth-order valence-electron chi connectivity index (χ4n) is 1.22. The summed E-state index contributed by atoms with van der Waals surface area (Å²) in [6, 6.07) is 0. The third-order valence-electron chi connectivity index (χ3n) is 2.47. The third-order valence-corrected chi connectivity index (χ3v) is 4.76. The van der Waals surface area contributed by atoms with E-state index < -0.39 is 10.0 Å². The van der Waals surface area contributed by atoms with Gasteiger partial charge in [-0.3, -0.25) is 0 Å². The highest BCUT2D eigenvalue weighted by molar-refractivity contribution is 7.89. The second kappa shape index (κ2) is 5.27. The number of nitrogens with two attached hydrogens (primary N) is 1. The first-order valence-electron chi connectivity index (χ1n) is 5.36. The first-order chi connectivity index (χ1) is 6.67. The summed E-state index contributed by atoms with van der Waals surface area (Å²) in [5, 5.41) is -0.369. The molecule has 0 aliphatic rings. The van der Waals surface area contributed by atoms with Crippen molar-refractivity contribution in [3.63, 3.8) is 0 Å². The van der Waals surface area contributed by atoms with E-state index in [1.165, 1.54) is 4.31 Å². The highest BCUT2D eigenvalue weighted by Crippen LogP contribution is 2.19. The summed E-state index contributed by atoms with van der Waals surface area (Å²) in [7, 11) is -3.15. The van der Waals surface area contributed by atoms with E-state index in [1.54, 1.807) is 13.8 Å². The van der Waals surface area contributed by atoms with Gasteiger partial charge in [0.2, 0.25) is 10.0 Å². The monoisotopic (exact) mass is 236 g/mol. The number of rotatable bonds is 6. The zero-order chi connectivity index (χ0) is 12.3. The van der Waals surface area contributed by atoms with E-state index in [-0.39, 0.29) is 10.7 Å². The van der Waals surface area contributed by atoms with E-state index in [2.05, 4.69) is 0 Å². The summed E-state index contributed by atoms with van der Waals surface area (Å²) in [4.78, 5) is 0. The average molecular weight is 236 g/mol. The Morgan fingerprint density at radius 3 is 2.07 bits per heavy atom. The van der Waals surface area contributed by atoms with Crippen LogP contribution < -0.4 is 5.73 Å². The van der Waals surface area contributed by atoms with Crippen LogP contribution in [0.1, 0.15) is 34.6 Å². The molecule has 0 aliphatic heterocycles. The molecule has 0 aromatic carbocycles. The van der Waals surface area contributed by atoms with Crippen LogP contribution >= 0.6 is 0 Å². The van der Waals surface area contributed by atoms with Gasteiger partial charge in [0.15, 0.2) is 0 Å². The molecule has 0 saturated heterocycles. The summed E-state index contributed by atoms with van der Waals surface area (Å²) in [5.74, 6) is 0. The second-order valence-electron chi connectivity index (χ2n) is 4.89. The molecule has 0 aromatic heterocycles. The SMILES string of the molecule is CCN(CC(C)(C)CN)S(=O)(=O)C(C)C. The van der Waals surface area contributed by atoms with Crippen molar-refractivity contribution in [2.75, 3.05) is 19.6 Å². The molecule has 0 radical (unpaired) electrons. The molecule has 0 aliphatic carbocycles. The zero-order valence-corrected chi connectivity index (χ0v) is 11.3. The largest absolute Gasteiger partial charge is 0.330 e. The van der Waals surface area contributed by atoms with E-state index in [4.69, 9.17) is 5.73 Å². The van der Waals surface area contributed by atoms with Gasteiger partial charge in [0.25, 0.3) is 0 Å². The summed E-state index contributed by atoms with van der Waals surface area (Å²) < 4.78 is 25.4. The Morgan fingerprint density at radius 2 is 1.80 bits per heavy atom. The molecule has 0 spiro atoms. The molecule has 0 bridgehead atoms. The minimum absolute atomic E-state index is 0.169. The Morgan fingerprint density at radius 1 is 1.33 bits per heavy atom. The average Bonchev–Trinajstić information content (AvgIpc) is 2.13. The van der Waals surface area contributed by atoms with Gasteiger partial charge >= 0.3 is 0 Å². The molecular formula is C10H24N2O2S. The third kappa shape index (κ3) is 4.09. The lowest BCUT2D eigenvalue weighted by Gasteiger charge is -2.31. The molecular weight excluding hydrogens is 212 g/mol. The minimum atomic E-state index is -3.15. The lowest BCUT2D eigenvalue weighted by molar-refractivity contribution is 0.271. The van der Waals surface area contributed by atoms with Gasteiger partial charge in [-0.15, -0.1) is 0 Å². The summed E-state index contributed by atoms with van der Waals surface area (Å²) in [6.07, 6.45) is 0. The van der Waals surface area contributed by atoms with Gasteiger partial charge in [-0.25, -0.2) is 12.7 Å². The van der Waals surface area contributed by atoms with Crippen molar-refractivity contribution in [1.82, 2.24) is 4.31 Å². The molecule has 0 aromatic rings. The van der Waals surface area contributed by atoms with Crippen LogP contribution in [0.3, 0.4) is 0 Å². The number of hydrogen-bond donors (Lipinski definition) is 1. The van der Waals surface area contributed by atoms with E-state index in [1.807, 2.05) is 20.8 Å². The smallest absolute Gasteiger partial charge is 0.216 e. The highest BCUT2D eigenvalue weighted by atomic mass is 32.2. The Labute approximate surface area is 93.9 Å². The van der Waals surface area contributed by atoms with Crippen molar-refractivity contribution in [3.8, 4) is 0 Å². The predicted octanol–water partition coefficient (Wildman–Crippen LogP) is 1.03. The van der Waals surface area contributed by atoms with Crippen LogP contribution in [0.25, 0.3) is 0 Å². The van der Waals surface area contributed by atoms with Gasteiger partial charge in [-0.05, 0) is 25.8 Å². The predicted molar refractivity (Wildman–Crippen MR) is 64.1 cm³/mol. The lowest BCUT2D eigenvalue weighted by Crippen LogP contribution is -2.44. The maximum atomic E-state index is 11.9. The fourth-order valence-corrected chi connectivity index (χ4v) is 2.71. The van der Waals surface area contributed by atoms with E-state index in [9.17, 15) is 8.42 Å². The molecule has 4 nitrogen and oxygen atoms in total. The van der Waals surface area contributed by atoms with Crippen LogP contribution in [0.4, 0.5) is 0 Å². The number of hydrogen-bond acceptors (Lipinski definition) is 3. The summed E-state index contributed by atoms with van der Waals surface area (Å²) in [6.45, 7) is 10.7. The van der Waals surface area contributed by atoms with Crippen LogP contribution in [0.2, 0.25) is 0 Å². The molecule has 0 atom stereocenters. The van der Waals surface area contributed by atoms with Crippen LogP contribution in [-0.4, -0.2) is 37.6 Å². The zero-order valence-electron chi connectivity index (χ0n) is 10.4. The summed E-state index contributed by atoms with van der Waals surface area (Å²) >= 11 is 0. The maximum absolute atomic E-state index is 11.9. The Kier molecular flexibility index (Phi) is 5.23. The Balaban J connectivity index is 4.81. The van der Waals surface area contributed by atoms with E-state index in [0.717, 1.165) is 0 Å². The minimum Gasteiger partial charge on any atom is -0.330 e. The molecule has 5 heteroatoms. The van der Waals surface area contributed by atoms with Crippen LogP contribution in [0.5, 0.6) is 0 Å². The number of sulfonamides is 1. The van der Waals surface area contributed by atoms with Gasteiger partial charge < -0.3 is 5.73 Å². The van der Waals surface area contributed by atoms with Gasteiger partial charge in [-0.1, -0.05) is 20.8 Å². The van der Waals surface area contributed by atoms with Crippen molar-refractivity contribution in [3.05, 3.63) is 0 Å². The second-order valence-corrected chi connectivity index (χ2v) is 7.38. The molecule has 15 heavy (non-hydrogen) atoms. The van der Waals surface area contributed by atoms with Gasteiger partial charge in [0.05, 0.1) is 5.25 Å². The normalized spacial score (nSPS) is 13.9. The topological polar surface area (TPSA) is 63.4 Å². The molecule has 0 saturated carbocycles. The maximum Gasteiger partial charge on any atom is 0.216 e. The van der Waals surface area contributed by atoms with Crippen LogP contribution in [-0.2, 0) is 10.0 Å². The first kappa shape index (κ1) is 14.9. The molecule has 0 heterocycles. The van der Waals surface area contributed by atoms with Gasteiger partial charge in [0, 0.05) is 13.1 Å². The van der Waals surface area contributed by atoms with Crippen molar-refractivity contribution < 1.29 is 8.42 Å². The van der Waals surface area contributed by atoms with E-state index in [0.29, 0.717) is 19.6 Å². The van der Waals surface area contributed by atoms with Crippen LogP contribution in [0, 0.1) is 5.41 Å². The van der Waals surface area contributed by atoms with Crippen molar-refractivity contribution in [1.29, 1.82) is 0 Å². The van der Waals surface area contributed by atoms with Crippen molar-refractivity contribution >= 4 is 10.0 Å². The standard InChI is InChI=1S/C10H24N2O2S/c1-6-12(8-10(4,5)7-11)15(13,14)9(2)3/h9H,6-8,11H2,1-5H3. The molecule has 0 fully saturated rings.